The molecule has 2 aromatic carbocycles. The Balaban J connectivity index is 1.29. The number of hydrazine groups is 1. The second kappa shape index (κ2) is 8.96. The van der Waals surface area contributed by atoms with E-state index in [1.807, 2.05) is 12.1 Å². The lowest BCUT2D eigenvalue weighted by Gasteiger charge is -2.08. The SMILES string of the molecule is O=C(NNC(=O)c1ccc(-n2cnnn2)cc1)c1ccc(CSc2ncn[nH]2)cc1. The molecule has 0 bridgehead atoms. The number of benzene rings is 2. The highest BCUT2D eigenvalue weighted by molar-refractivity contribution is 7.98. The van der Waals surface area contributed by atoms with Gasteiger partial charge in [0, 0.05) is 16.9 Å². The molecule has 0 saturated carbocycles. The smallest absolute Gasteiger partial charge is 0.267 e. The Hall–Kier alpha value is -4.06. The minimum atomic E-state index is -0.438. The van der Waals surface area contributed by atoms with E-state index in [4.69, 9.17) is 0 Å². The van der Waals surface area contributed by atoms with Crippen LogP contribution < -0.4 is 10.9 Å². The van der Waals surface area contributed by atoms with Gasteiger partial charge in [0.25, 0.3) is 11.8 Å². The van der Waals surface area contributed by atoms with Crippen LogP contribution in [-0.2, 0) is 5.75 Å². The highest BCUT2D eigenvalue weighted by Gasteiger charge is 2.10. The van der Waals surface area contributed by atoms with Crippen LogP contribution in [0.25, 0.3) is 5.69 Å². The van der Waals surface area contributed by atoms with Crippen LogP contribution in [0, 0.1) is 0 Å². The van der Waals surface area contributed by atoms with Crippen molar-refractivity contribution < 1.29 is 9.59 Å². The van der Waals surface area contributed by atoms with Crippen LogP contribution in [0.15, 0.2) is 66.3 Å². The van der Waals surface area contributed by atoms with Crippen LogP contribution in [0.2, 0.25) is 0 Å². The van der Waals surface area contributed by atoms with Crippen molar-refractivity contribution in [3.8, 4) is 5.69 Å². The van der Waals surface area contributed by atoms with Crippen LogP contribution in [0.3, 0.4) is 0 Å². The molecule has 0 saturated heterocycles. The Morgan fingerprint density at radius 3 is 2.20 bits per heavy atom. The zero-order valence-electron chi connectivity index (χ0n) is 15.4. The molecule has 2 heterocycles. The lowest BCUT2D eigenvalue weighted by atomic mass is 10.1. The van der Waals surface area contributed by atoms with Crippen molar-refractivity contribution in [3.05, 3.63) is 77.9 Å². The van der Waals surface area contributed by atoms with Gasteiger partial charge in [0.1, 0.15) is 12.7 Å². The largest absolute Gasteiger partial charge is 0.269 e. The number of carbonyl (C=O) groups excluding carboxylic acids is 2. The molecule has 0 aliphatic carbocycles. The third-order valence-electron chi connectivity index (χ3n) is 4.02. The van der Waals surface area contributed by atoms with Gasteiger partial charge in [0.2, 0.25) is 0 Å². The van der Waals surface area contributed by atoms with Crippen LogP contribution in [0.4, 0.5) is 0 Å². The summed E-state index contributed by atoms with van der Waals surface area (Å²) in [6, 6.07) is 13.7. The standard InChI is InChI=1S/C18H15N9O2S/c28-16(13-3-1-12(2-4-13)9-30-18-19-10-20-24-18)22-23-17(29)14-5-7-15(8-6-14)27-11-21-25-26-27/h1-8,10-11H,9H2,(H,22,28)(H,23,29)(H,19,20,24). The Morgan fingerprint density at radius 2 is 1.63 bits per heavy atom. The molecule has 0 unspecified atom stereocenters. The van der Waals surface area contributed by atoms with Gasteiger partial charge in [-0.15, -0.1) is 5.10 Å². The molecule has 4 rings (SSSR count). The first-order chi connectivity index (χ1) is 14.7. The number of carbonyl (C=O) groups is 2. The summed E-state index contributed by atoms with van der Waals surface area (Å²) in [7, 11) is 0. The van der Waals surface area contributed by atoms with E-state index in [-0.39, 0.29) is 0 Å². The van der Waals surface area contributed by atoms with Crippen molar-refractivity contribution in [1.82, 2.24) is 46.2 Å². The van der Waals surface area contributed by atoms with Gasteiger partial charge < -0.3 is 0 Å². The first kappa shape index (κ1) is 19.3. The molecule has 0 spiro atoms. The van der Waals surface area contributed by atoms with Gasteiger partial charge >= 0.3 is 0 Å². The lowest BCUT2D eigenvalue weighted by molar-refractivity contribution is 0.0846. The summed E-state index contributed by atoms with van der Waals surface area (Å²) >= 11 is 1.51. The molecule has 0 aliphatic rings. The average Bonchev–Trinajstić information content (AvgIpc) is 3.51. The number of thioether (sulfide) groups is 1. The second-order valence-corrected chi connectivity index (χ2v) is 6.95. The zero-order chi connectivity index (χ0) is 20.8. The van der Waals surface area contributed by atoms with E-state index in [1.54, 1.807) is 36.4 Å². The first-order valence-corrected chi connectivity index (χ1v) is 9.69. The van der Waals surface area contributed by atoms with Gasteiger partial charge in [-0.1, -0.05) is 23.9 Å². The number of hydrogen-bond acceptors (Lipinski definition) is 8. The summed E-state index contributed by atoms with van der Waals surface area (Å²) in [4.78, 5) is 28.5. The molecule has 150 valence electrons. The Labute approximate surface area is 174 Å². The Morgan fingerprint density at radius 1 is 0.967 bits per heavy atom. The van der Waals surface area contributed by atoms with Gasteiger partial charge in [-0.25, -0.2) is 9.67 Å². The summed E-state index contributed by atoms with van der Waals surface area (Å²) in [5, 5.41) is 18.2. The molecule has 3 N–H and O–H groups in total. The van der Waals surface area contributed by atoms with Crippen molar-refractivity contribution in [2.24, 2.45) is 0 Å². The third-order valence-corrected chi connectivity index (χ3v) is 4.97. The van der Waals surface area contributed by atoms with Gasteiger partial charge in [-0.3, -0.25) is 25.5 Å². The van der Waals surface area contributed by atoms with Crippen molar-refractivity contribution in [2.75, 3.05) is 0 Å². The molecule has 2 aromatic heterocycles. The van der Waals surface area contributed by atoms with Crippen molar-refractivity contribution in [1.29, 1.82) is 0 Å². The summed E-state index contributed by atoms with van der Waals surface area (Å²) < 4.78 is 1.47. The Bertz CT molecular complexity index is 1110. The summed E-state index contributed by atoms with van der Waals surface area (Å²) in [5.74, 6) is -0.163. The number of H-pyrrole nitrogens is 1. The van der Waals surface area contributed by atoms with Crippen LogP contribution in [0.1, 0.15) is 26.3 Å². The predicted molar refractivity (Wildman–Crippen MR) is 106 cm³/mol. The second-order valence-electron chi connectivity index (χ2n) is 5.99. The molecule has 11 nitrogen and oxygen atoms in total. The van der Waals surface area contributed by atoms with E-state index >= 15 is 0 Å². The molecular weight excluding hydrogens is 406 g/mol. The Kier molecular flexibility index (Phi) is 5.75. The van der Waals surface area contributed by atoms with Crippen LogP contribution in [0.5, 0.6) is 0 Å². The number of aromatic nitrogens is 7. The minimum absolute atomic E-state index is 0.381. The van der Waals surface area contributed by atoms with Crippen LogP contribution in [-0.4, -0.2) is 47.2 Å². The number of nitrogens with one attached hydrogen (secondary N) is 3. The highest BCUT2D eigenvalue weighted by atomic mass is 32.2. The minimum Gasteiger partial charge on any atom is -0.267 e. The number of hydrogen-bond donors (Lipinski definition) is 3. The topological polar surface area (TPSA) is 143 Å². The predicted octanol–water partition coefficient (Wildman–Crippen LogP) is 1.15. The number of amides is 2. The maximum absolute atomic E-state index is 12.3. The fraction of sp³-hybridized carbons (Fsp3) is 0.0556. The van der Waals surface area contributed by atoms with Crippen molar-refractivity contribution in [3.63, 3.8) is 0 Å². The van der Waals surface area contributed by atoms with Crippen LogP contribution >= 0.6 is 11.8 Å². The summed E-state index contributed by atoms with van der Waals surface area (Å²) in [5.41, 5.74) is 7.36. The van der Waals surface area contributed by atoms with E-state index in [0.29, 0.717) is 22.6 Å². The first-order valence-electron chi connectivity index (χ1n) is 8.70. The van der Waals surface area contributed by atoms with Gasteiger partial charge in [0.05, 0.1) is 5.69 Å². The molecule has 0 radical (unpaired) electrons. The molecule has 0 atom stereocenters. The number of aromatic amines is 1. The molecular formula is C18H15N9O2S. The quantitative estimate of drug-likeness (QED) is 0.311. The third kappa shape index (κ3) is 4.67. The molecule has 12 heteroatoms. The molecule has 30 heavy (non-hydrogen) atoms. The number of nitrogens with zero attached hydrogens (tertiary/aromatic N) is 6. The van der Waals surface area contributed by atoms with E-state index in [0.717, 1.165) is 10.7 Å². The fourth-order valence-corrected chi connectivity index (χ4v) is 3.21. The molecule has 0 aliphatic heterocycles. The highest BCUT2D eigenvalue weighted by Crippen LogP contribution is 2.18. The van der Waals surface area contributed by atoms with Gasteiger partial charge in [-0.05, 0) is 52.4 Å². The van der Waals surface area contributed by atoms with E-state index in [9.17, 15) is 9.59 Å². The lowest BCUT2D eigenvalue weighted by Crippen LogP contribution is -2.41. The maximum Gasteiger partial charge on any atom is 0.269 e. The van der Waals surface area contributed by atoms with Crippen molar-refractivity contribution in [2.45, 2.75) is 10.9 Å². The maximum atomic E-state index is 12.3. The summed E-state index contributed by atoms with van der Waals surface area (Å²) in [6.45, 7) is 0. The monoisotopic (exact) mass is 421 g/mol. The number of tetrazole rings is 1. The molecule has 2 amide bonds. The zero-order valence-corrected chi connectivity index (χ0v) is 16.2. The van der Waals surface area contributed by atoms with E-state index < -0.39 is 11.8 Å². The van der Waals surface area contributed by atoms with E-state index in [1.165, 1.54) is 29.1 Å². The average molecular weight is 421 g/mol. The fourth-order valence-electron chi connectivity index (χ4n) is 2.47. The van der Waals surface area contributed by atoms with Crippen molar-refractivity contribution >= 4 is 23.6 Å². The molecule has 0 fully saturated rings. The number of rotatable bonds is 6. The normalized spacial score (nSPS) is 10.5. The molecule has 4 aromatic rings. The van der Waals surface area contributed by atoms with Gasteiger partial charge in [0.15, 0.2) is 5.16 Å². The summed E-state index contributed by atoms with van der Waals surface area (Å²) in [6.07, 6.45) is 2.90. The van der Waals surface area contributed by atoms with E-state index in [2.05, 4.69) is 41.6 Å². The van der Waals surface area contributed by atoms with Gasteiger partial charge in [-0.2, -0.15) is 5.10 Å².